The Hall–Kier alpha value is -1.85. The molecule has 1 fully saturated rings. The average Bonchev–Trinajstić information content (AvgIpc) is 2.33. The number of aromatic nitrogens is 2. The van der Waals surface area contributed by atoms with E-state index in [9.17, 15) is 4.79 Å². The van der Waals surface area contributed by atoms with Crippen molar-refractivity contribution in [1.82, 2.24) is 15.3 Å². The fourth-order valence-corrected chi connectivity index (χ4v) is 1.73. The first-order valence-electron chi connectivity index (χ1n) is 5.78. The molecule has 1 atom stereocenters. The standard InChI is InChI=1S/C11H16N4O2/c1-2-17-10-6-9(13-7-14-10)15-8-4-3-5-12-11(8)16/h6-8H,2-5H2,1H3,(H,12,16)(H,13,14,15). The van der Waals surface area contributed by atoms with Gasteiger partial charge in [-0.3, -0.25) is 4.79 Å². The zero-order valence-corrected chi connectivity index (χ0v) is 9.77. The molecular weight excluding hydrogens is 220 g/mol. The van der Waals surface area contributed by atoms with Crippen LogP contribution in [0.2, 0.25) is 0 Å². The molecular formula is C11H16N4O2. The third kappa shape index (κ3) is 3.05. The Bertz CT molecular complexity index is 397. The van der Waals surface area contributed by atoms with Gasteiger partial charge >= 0.3 is 0 Å². The normalized spacial score (nSPS) is 19.6. The molecule has 0 aliphatic carbocycles. The van der Waals surface area contributed by atoms with Crippen molar-refractivity contribution in [3.8, 4) is 5.88 Å². The van der Waals surface area contributed by atoms with E-state index in [-0.39, 0.29) is 11.9 Å². The molecule has 17 heavy (non-hydrogen) atoms. The van der Waals surface area contributed by atoms with Crippen LogP contribution in [0, 0.1) is 0 Å². The van der Waals surface area contributed by atoms with Crippen molar-refractivity contribution < 1.29 is 9.53 Å². The molecule has 0 saturated carbocycles. The van der Waals surface area contributed by atoms with Crippen LogP contribution < -0.4 is 15.4 Å². The molecule has 6 heteroatoms. The molecule has 1 aliphatic heterocycles. The van der Waals surface area contributed by atoms with Gasteiger partial charge in [-0.2, -0.15) is 0 Å². The Labute approximate surface area is 99.8 Å². The maximum atomic E-state index is 11.6. The van der Waals surface area contributed by atoms with Crippen molar-refractivity contribution in [1.29, 1.82) is 0 Å². The SMILES string of the molecule is CCOc1cc(NC2CCCNC2=O)ncn1. The van der Waals surface area contributed by atoms with Crippen LogP contribution in [0.25, 0.3) is 0 Å². The Morgan fingerprint density at radius 3 is 3.24 bits per heavy atom. The number of nitrogens with one attached hydrogen (secondary N) is 2. The van der Waals surface area contributed by atoms with Crippen LogP contribution in [-0.2, 0) is 4.79 Å². The molecule has 92 valence electrons. The fourth-order valence-electron chi connectivity index (χ4n) is 1.73. The van der Waals surface area contributed by atoms with E-state index in [4.69, 9.17) is 4.74 Å². The van der Waals surface area contributed by atoms with Crippen LogP contribution in [0.5, 0.6) is 5.88 Å². The number of nitrogens with zero attached hydrogens (tertiary/aromatic N) is 2. The summed E-state index contributed by atoms with van der Waals surface area (Å²) in [5.74, 6) is 1.15. The van der Waals surface area contributed by atoms with Gasteiger partial charge in [0.1, 0.15) is 18.2 Å². The topological polar surface area (TPSA) is 76.1 Å². The van der Waals surface area contributed by atoms with Crippen molar-refractivity contribution in [2.45, 2.75) is 25.8 Å². The predicted octanol–water partition coefficient (Wildman–Crippen LogP) is 0.566. The number of ether oxygens (including phenoxy) is 1. The van der Waals surface area contributed by atoms with Gasteiger partial charge in [0.25, 0.3) is 0 Å². The minimum absolute atomic E-state index is 0.0211. The summed E-state index contributed by atoms with van der Waals surface area (Å²) in [4.78, 5) is 19.6. The highest BCUT2D eigenvalue weighted by atomic mass is 16.5. The first kappa shape index (κ1) is 11.6. The van der Waals surface area contributed by atoms with Gasteiger partial charge in [0.15, 0.2) is 0 Å². The third-order valence-electron chi connectivity index (χ3n) is 2.54. The van der Waals surface area contributed by atoms with E-state index in [1.54, 1.807) is 6.07 Å². The molecule has 1 unspecified atom stereocenters. The minimum Gasteiger partial charge on any atom is -0.478 e. The van der Waals surface area contributed by atoms with Crippen molar-refractivity contribution in [2.75, 3.05) is 18.5 Å². The molecule has 0 radical (unpaired) electrons. The summed E-state index contributed by atoms with van der Waals surface area (Å²) in [5.41, 5.74) is 0. The van der Waals surface area contributed by atoms with Crippen LogP contribution in [0.4, 0.5) is 5.82 Å². The molecule has 6 nitrogen and oxygen atoms in total. The molecule has 1 saturated heterocycles. The highest BCUT2D eigenvalue weighted by Crippen LogP contribution is 2.14. The van der Waals surface area contributed by atoms with E-state index in [1.807, 2.05) is 6.92 Å². The molecule has 2 N–H and O–H groups in total. The molecule has 1 aromatic rings. The molecule has 0 bridgehead atoms. The fraction of sp³-hybridized carbons (Fsp3) is 0.545. The Kier molecular flexibility index (Phi) is 3.74. The molecule has 2 heterocycles. The number of amides is 1. The van der Waals surface area contributed by atoms with Crippen LogP contribution in [0.1, 0.15) is 19.8 Å². The summed E-state index contributed by atoms with van der Waals surface area (Å²) in [7, 11) is 0. The smallest absolute Gasteiger partial charge is 0.242 e. The van der Waals surface area contributed by atoms with Crippen LogP contribution >= 0.6 is 0 Å². The van der Waals surface area contributed by atoms with Gasteiger partial charge in [0, 0.05) is 12.6 Å². The molecule has 0 spiro atoms. The zero-order chi connectivity index (χ0) is 12.1. The van der Waals surface area contributed by atoms with E-state index in [0.29, 0.717) is 18.3 Å². The van der Waals surface area contributed by atoms with E-state index in [2.05, 4.69) is 20.6 Å². The largest absolute Gasteiger partial charge is 0.478 e. The van der Waals surface area contributed by atoms with E-state index in [1.165, 1.54) is 6.33 Å². The zero-order valence-electron chi connectivity index (χ0n) is 9.77. The summed E-state index contributed by atoms with van der Waals surface area (Å²) >= 11 is 0. The van der Waals surface area contributed by atoms with Crippen molar-refractivity contribution in [3.05, 3.63) is 12.4 Å². The minimum atomic E-state index is -0.215. The summed E-state index contributed by atoms with van der Waals surface area (Å²) < 4.78 is 5.27. The predicted molar refractivity (Wildman–Crippen MR) is 62.9 cm³/mol. The Morgan fingerprint density at radius 1 is 1.59 bits per heavy atom. The van der Waals surface area contributed by atoms with Crippen LogP contribution in [0.15, 0.2) is 12.4 Å². The van der Waals surface area contributed by atoms with E-state index in [0.717, 1.165) is 19.4 Å². The summed E-state index contributed by atoms with van der Waals surface area (Å²) in [6, 6.07) is 1.49. The number of hydrogen-bond acceptors (Lipinski definition) is 5. The lowest BCUT2D eigenvalue weighted by Crippen LogP contribution is -2.44. The maximum absolute atomic E-state index is 11.6. The number of anilines is 1. The summed E-state index contributed by atoms with van der Waals surface area (Å²) in [6.45, 7) is 3.20. The number of hydrogen-bond donors (Lipinski definition) is 2. The molecule has 2 rings (SSSR count). The third-order valence-corrected chi connectivity index (χ3v) is 2.54. The molecule has 0 aromatic carbocycles. The lowest BCUT2D eigenvalue weighted by molar-refractivity contribution is -0.123. The van der Waals surface area contributed by atoms with Gasteiger partial charge < -0.3 is 15.4 Å². The lowest BCUT2D eigenvalue weighted by atomic mass is 10.1. The molecule has 1 aromatic heterocycles. The second-order valence-electron chi connectivity index (χ2n) is 3.80. The number of carbonyl (C=O) groups is 1. The van der Waals surface area contributed by atoms with Gasteiger partial charge in [-0.05, 0) is 19.8 Å². The van der Waals surface area contributed by atoms with Gasteiger partial charge in [-0.15, -0.1) is 0 Å². The highest BCUT2D eigenvalue weighted by Gasteiger charge is 2.21. The van der Waals surface area contributed by atoms with Gasteiger partial charge in [-0.1, -0.05) is 0 Å². The van der Waals surface area contributed by atoms with E-state index >= 15 is 0 Å². The first-order valence-corrected chi connectivity index (χ1v) is 5.78. The lowest BCUT2D eigenvalue weighted by Gasteiger charge is -2.23. The van der Waals surface area contributed by atoms with Crippen LogP contribution in [0.3, 0.4) is 0 Å². The first-order chi connectivity index (χ1) is 8.29. The van der Waals surface area contributed by atoms with Gasteiger partial charge in [0.05, 0.1) is 6.61 Å². The van der Waals surface area contributed by atoms with E-state index < -0.39 is 0 Å². The number of piperidine rings is 1. The van der Waals surface area contributed by atoms with Crippen molar-refractivity contribution in [2.24, 2.45) is 0 Å². The average molecular weight is 236 g/mol. The number of carbonyl (C=O) groups excluding carboxylic acids is 1. The second kappa shape index (κ2) is 5.47. The highest BCUT2D eigenvalue weighted by molar-refractivity contribution is 5.84. The van der Waals surface area contributed by atoms with Gasteiger partial charge in [-0.25, -0.2) is 9.97 Å². The summed E-state index contributed by atoms with van der Waals surface area (Å²) in [6.07, 6.45) is 3.22. The second-order valence-corrected chi connectivity index (χ2v) is 3.80. The van der Waals surface area contributed by atoms with Crippen molar-refractivity contribution in [3.63, 3.8) is 0 Å². The molecule has 1 amide bonds. The monoisotopic (exact) mass is 236 g/mol. The number of rotatable bonds is 4. The van der Waals surface area contributed by atoms with Crippen LogP contribution in [-0.4, -0.2) is 35.1 Å². The van der Waals surface area contributed by atoms with Crippen molar-refractivity contribution >= 4 is 11.7 Å². The Balaban J connectivity index is 2.01. The maximum Gasteiger partial charge on any atom is 0.242 e. The Morgan fingerprint density at radius 2 is 2.47 bits per heavy atom. The molecule has 1 aliphatic rings. The quantitative estimate of drug-likeness (QED) is 0.799. The summed E-state index contributed by atoms with van der Waals surface area (Å²) in [5, 5.41) is 5.90. The van der Waals surface area contributed by atoms with Gasteiger partial charge in [0.2, 0.25) is 11.8 Å².